The van der Waals surface area contributed by atoms with Crippen LogP contribution in [-0.2, 0) is 4.79 Å². The summed E-state index contributed by atoms with van der Waals surface area (Å²) in [4.78, 5) is 15.2. The molecule has 1 amide bonds. The van der Waals surface area contributed by atoms with Crippen molar-refractivity contribution < 1.29 is 4.79 Å². The Morgan fingerprint density at radius 3 is 2.04 bits per heavy atom. The zero-order valence-corrected chi connectivity index (χ0v) is 14.8. The van der Waals surface area contributed by atoms with Crippen molar-refractivity contribution >= 4 is 6.41 Å². The maximum atomic E-state index is 10.9. The van der Waals surface area contributed by atoms with Crippen LogP contribution in [0.1, 0.15) is 30.1 Å². The molecule has 1 aliphatic heterocycles. The molecular weight excluding hydrogens is 310 g/mol. The highest BCUT2D eigenvalue weighted by molar-refractivity contribution is 5.47. The van der Waals surface area contributed by atoms with Crippen LogP contribution in [-0.4, -0.2) is 48.9 Å². The quantitative estimate of drug-likeness (QED) is 0.789. The molecular formula is C21H27N3O. The largest absolute Gasteiger partial charge is 0.343 e. The summed E-state index contributed by atoms with van der Waals surface area (Å²) in [6, 6.07) is 21.7. The van der Waals surface area contributed by atoms with E-state index in [-0.39, 0.29) is 12.1 Å². The fourth-order valence-electron chi connectivity index (χ4n) is 3.39. The summed E-state index contributed by atoms with van der Waals surface area (Å²) in [7, 11) is 0. The van der Waals surface area contributed by atoms with Gasteiger partial charge in [-0.1, -0.05) is 60.7 Å². The van der Waals surface area contributed by atoms with E-state index >= 15 is 0 Å². The summed E-state index contributed by atoms with van der Waals surface area (Å²) in [5.41, 5.74) is 2.61. The van der Waals surface area contributed by atoms with Crippen molar-refractivity contribution in [3.8, 4) is 0 Å². The SMILES string of the molecule is C[C@H](N[C@@H](CN1CCN(C=O)CC1)c1ccccc1)c1ccccc1. The molecule has 2 atom stereocenters. The van der Waals surface area contributed by atoms with Gasteiger partial charge in [0.2, 0.25) is 6.41 Å². The lowest BCUT2D eigenvalue weighted by molar-refractivity contribution is -0.119. The maximum absolute atomic E-state index is 10.9. The zero-order chi connectivity index (χ0) is 17.5. The molecule has 4 heteroatoms. The average molecular weight is 337 g/mol. The molecule has 25 heavy (non-hydrogen) atoms. The molecule has 1 saturated heterocycles. The zero-order valence-electron chi connectivity index (χ0n) is 14.8. The van der Waals surface area contributed by atoms with Crippen molar-refractivity contribution in [2.75, 3.05) is 32.7 Å². The second kappa shape index (κ2) is 8.79. The number of hydrogen-bond donors (Lipinski definition) is 1. The summed E-state index contributed by atoms with van der Waals surface area (Å²) < 4.78 is 0. The molecule has 0 saturated carbocycles. The van der Waals surface area contributed by atoms with E-state index in [2.05, 4.69) is 77.8 Å². The van der Waals surface area contributed by atoms with Crippen molar-refractivity contribution in [3.63, 3.8) is 0 Å². The first-order valence-electron chi connectivity index (χ1n) is 9.04. The summed E-state index contributed by atoms with van der Waals surface area (Å²) >= 11 is 0. The average Bonchev–Trinajstić information content (AvgIpc) is 2.69. The molecule has 0 aromatic heterocycles. The Kier molecular flexibility index (Phi) is 6.20. The van der Waals surface area contributed by atoms with Crippen LogP contribution in [0.25, 0.3) is 0 Å². The first kappa shape index (κ1) is 17.6. The Bertz CT molecular complexity index is 639. The first-order chi connectivity index (χ1) is 12.3. The molecule has 1 fully saturated rings. The molecule has 3 rings (SSSR count). The molecule has 2 aromatic rings. The van der Waals surface area contributed by atoms with Crippen LogP contribution in [0.4, 0.5) is 0 Å². The summed E-state index contributed by atoms with van der Waals surface area (Å²) in [6.45, 7) is 6.68. The van der Waals surface area contributed by atoms with Crippen LogP contribution in [0, 0.1) is 0 Å². The van der Waals surface area contributed by atoms with Crippen LogP contribution in [0.3, 0.4) is 0 Å². The third-order valence-corrected chi connectivity index (χ3v) is 4.95. The number of piperazine rings is 1. The van der Waals surface area contributed by atoms with E-state index in [1.807, 2.05) is 4.90 Å². The van der Waals surface area contributed by atoms with Gasteiger partial charge in [-0.15, -0.1) is 0 Å². The molecule has 0 radical (unpaired) electrons. The van der Waals surface area contributed by atoms with Gasteiger partial charge in [0.1, 0.15) is 0 Å². The molecule has 0 aliphatic carbocycles. The topological polar surface area (TPSA) is 35.6 Å². The second-order valence-corrected chi connectivity index (χ2v) is 6.70. The van der Waals surface area contributed by atoms with Gasteiger partial charge in [0, 0.05) is 44.8 Å². The number of amides is 1. The second-order valence-electron chi connectivity index (χ2n) is 6.70. The van der Waals surface area contributed by atoms with E-state index in [1.54, 1.807) is 0 Å². The minimum absolute atomic E-state index is 0.263. The van der Waals surface area contributed by atoms with Crippen molar-refractivity contribution in [2.45, 2.75) is 19.0 Å². The number of hydrogen-bond acceptors (Lipinski definition) is 3. The van der Waals surface area contributed by atoms with E-state index < -0.39 is 0 Å². The van der Waals surface area contributed by atoms with Gasteiger partial charge in [-0.05, 0) is 18.1 Å². The molecule has 2 aromatic carbocycles. The monoisotopic (exact) mass is 337 g/mol. The molecule has 0 bridgehead atoms. The van der Waals surface area contributed by atoms with Gasteiger partial charge in [0.15, 0.2) is 0 Å². The van der Waals surface area contributed by atoms with Gasteiger partial charge in [0.25, 0.3) is 0 Å². The van der Waals surface area contributed by atoms with Gasteiger partial charge >= 0.3 is 0 Å². The first-order valence-corrected chi connectivity index (χ1v) is 9.04. The Morgan fingerprint density at radius 1 is 0.920 bits per heavy atom. The number of rotatable bonds is 7. The van der Waals surface area contributed by atoms with Gasteiger partial charge in [-0.2, -0.15) is 0 Å². The van der Waals surface area contributed by atoms with Crippen LogP contribution in [0.5, 0.6) is 0 Å². The lowest BCUT2D eigenvalue weighted by atomic mass is 10.0. The summed E-state index contributed by atoms with van der Waals surface area (Å²) in [6.07, 6.45) is 0.960. The summed E-state index contributed by atoms with van der Waals surface area (Å²) in [5.74, 6) is 0. The minimum atomic E-state index is 0.263. The Labute approximate surface area is 150 Å². The van der Waals surface area contributed by atoms with Gasteiger partial charge in [-0.25, -0.2) is 0 Å². The van der Waals surface area contributed by atoms with Crippen molar-refractivity contribution in [1.29, 1.82) is 0 Å². The molecule has 0 spiro atoms. The predicted octanol–water partition coefficient (Wildman–Crippen LogP) is 2.85. The predicted molar refractivity (Wildman–Crippen MR) is 101 cm³/mol. The highest BCUT2D eigenvalue weighted by Crippen LogP contribution is 2.21. The summed E-state index contributed by atoms with van der Waals surface area (Å²) in [5, 5.41) is 3.80. The van der Waals surface area contributed by atoms with Gasteiger partial charge in [0.05, 0.1) is 0 Å². The van der Waals surface area contributed by atoms with E-state index in [9.17, 15) is 4.79 Å². The fraction of sp³-hybridized carbons (Fsp3) is 0.381. The smallest absolute Gasteiger partial charge is 0.209 e. The standard InChI is InChI=1S/C21H27N3O/c1-18(19-8-4-2-5-9-19)22-21(20-10-6-3-7-11-20)16-23-12-14-24(17-25)15-13-23/h2-11,17-18,21-22H,12-16H2,1H3/t18-,21-/m0/s1. The maximum Gasteiger partial charge on any atom is 0.209 e. The molecule has 4 nitrogen and oxygen atoms in total. The molecule has 0 unspecified atom stereocenters. The Morgan fingerprint density at radius 2 is 1.48 bits per heavy atom. The minimum Gasteiger partial charge on any atom is -0.343 e. The Balaban J connectivity index is 1.69. The Hall–Kier alpha value is -2.17. The van der Waals surface area contributed by atoms with Crippen LogP contribution in [0.15, 0.2) is 60.7 Å². The third-order valence-electron chi connectivity index (χ3n) is 4.95. The van der Waals surface area contributed by atoms with Crippen molar-refractivity contribution in [2.24, 2.45) is 0 Å². The fourth-order valence-corrected chi connectivity index (χ4v) is 3.39. The molecule has 1 heterocycles. The number of carbonyl (C=O) groups is 1. The van der Waals surface area contributed by atoms with Gasteiger partial charge in [-0.3, -0.25) is 9.69 Å². The number of nitrogens with zero attached hydrogens (tertiary/aromatic N) is 2. The van der Waals surface area contributed by atoms with E-state index in [4.69, 9.17) is 0 Å². The lowest BCUT2D eigenvalue weighted by Crippen LogP contribution is -2.48. The number of nitrogens with one attached hydrogen (secondary N) is 1. The highest BCUT2D eigenvalue weighted by atomic mass is 16.1. The number of carbonyl (C=O) groups excluding carboxylic acids is 1. The van der Waals surface area contributed by atoms with Gasteiger partial charge < -0.3 is 10.2 Å². The van der Waals surface area contributed by atoms with E-state index in [0.717, 1.165) is 39.1 Å². The number of benzene rings is 2. The molecule has 132 valence electrons. The van der Waals surface area contributed by atoms with Crippen LogP contribution >= 0.6 is 0 Å². The van der Waals surface area contributed by atoms with Crippen LogP contribution in [0.2, 0.25) is 0 Å². The highest BCUT2D eigenvalue weighted by Gasteiger charge is 2.21. The van der Waals surface area contributed by atoms with Crippen LogP contribution < -0.4 is 5.32 Å². The van der Waals surface area contributed by atoms with E-state index in [1.165, 1.54) is 11.1 Å². The van der Waals surface area contributed by atoms with Crippen molar-refractivity contribution in [1.82, 2.24) is 15.1 Å². The molecule has 1 N–H and O–H groups in total. The molecule has 1 aliphatic rings. The normalized spacial score (nSPS) is 17.9. The lowest BCUT2D eigenvalue weighted by Gasteiger charge is -2.36. The van der Waals surface area contributed by atoms with Crippen molar-refractivity contribution in [3.05, 3.63) is 71.8 Å². The van der Waals surface area contributed by atoms with E-state index in [0.29, 0.717) is 0 Å². The third kappa shape index (κ3) is 4.91.